The fourth-order valence-electron chi connectivity index (χ4n) is 18.9. The maximum Gasteiger partial charge on any atom is 0.0611 e. The summed E-state index contributed by atoms with van der Waals surface area (Å²) in [5.41, 5.74) is 0. The Hall–Kier alpha value is -0.0800. The van der Waals surface area contributed by atoms with E-state index in [0.29, 0.717) is 24.4 Å². The van der Waals surface area contributed by atoms with Gasteiger partial charge in [0.15, 0.2) is 0 Å². The van der Waals surface area contributed by atoms with Crippen molar-refractivity contribution in [1.29, 1.82) is 0 Å². The van der Waals surface area contributed by atoms with Gasteiger partial charge in [-0.3, -0.25) is 0 Å². The van der Waals surface area contributed by atoms with Crippen molar-refractivity contribution in [2.45, 2.75) is 217 Å². The predicted octanol–water partition coefficient (Wildman–Crippen LogP) is 13.2. The first-order chi connectivity index (χ1) is 25.8. The second kappa shape index (κ2) is 15.0. The average molecular weight is 713 g/mol. The third-order valence-corrected chi connectivity index (χ3v) is 20.8. The highest BCUT2D eigenvalue weighted by Gasteiger charge is 2.56. The Kier molecular flexibility index (Phi) is 10.1. The molecule has 16 atom stereocenters. The molecule has 0 radical (unpaired) electrons. The minimum absolute atomic E-state index is 0.640. The van der Waals surface area contributed by atoms with Gasteiger partial charge in [0.25, 0.3) is 0 Å². The predicted molar refractivity (Wildman–Crippen MR) is 212 cm³/mol. The number of rotatable bonds is 4. The van der Waals surface area contributed by atoms with Crippen molar-refractivity contribution in [3.63, 3.8) is 0 Å². The third kappa shape index (κ3) is 6.28. The Bertz CT molecular complexity index is 1180. The zero-order valence-corrected chi connectivity index (χ0v) is 33.6. The van der Waals surface area contributed by atoms with Crippen LogP contribution < -0.4 is 0 Å². The van der Waals surface area contributed by atoms with Crippen molar-refractivity contribution in [1.82, 2.24) is 0 Å². The van der Waals surface area contributed by atoms with Gasteiger partial charge in [0.05, 0.1) is 24.4 Å². The lowest BCUT2D eigenvalue weighted by atomic mass is 9.44. The largest absolute Gasteiger partial charge is 0.374 e. The zero-order valence-electron chi connectivity index (χ0n) is 33.6. The van der Waals surface area contributed by atoms with Crippen LogP contribution in [0.15, 0.2) is 0 Å². The van der Waals surface area contributed by atoms with Crippen LogP contribution in [0.25, 0.3) is 0 Å². The Morgan fingerprint density at radius 1 is 0.212 bits per heavy atom. The molecular formula is C50H80O2. The van der Waals surface area contributed by atoms with Crippen LogP contribution in [0.4, 0.5) is 0 Å². The van der Waals surface area contributed by atoms with Gasteiger partial charge < -0.3 is 9.47 Å². The van der Waals surface area contributed by atoms with E-state index < -0.39 is 0 Å². The Morgan fingerprint density at radius 2 is 0.577 bits per heavy atom. The first-order valence-electron chi connectivity index (χ1n) is 25.1. The van der Waals surface area contributed by atoms with E-state index in [1.54, 1.807) is 116 Å². The van der Waals surface area contributed by atoms with Gasteiger partial charge in [-0.1, -0.05) is 70.6 Å². The molecule has 0 spiro atoms. The normalized spacial score (nSPS) is 56.3. The minimum atomic E-state index is 0.640. The first-order valence-corrected chi connectivity index (χ1v) is 25.1. The van der Waals surface area contributed by atoms with E-state index >= 15 is 0 Å². The molecule has 2 nitrogen and oxygen atoms in total. The van der Waals surface area contributed by atoms with Gasteiger partial charge in [0, 0.05) is 0 Å². The summed E-state index contributed by atoms with van der Waals surface area (Å²) in [6.07, 6.45) is 48.5. The molecule has 2 saturated heterocycles. The first kappa shape index (κ1) is 35.1. The van der Waals surface area contributed by atoms with Crippen LogP contribution in [0, 0.1) is 94.7 Å². The molecule has 2 aliphatic heterocycles. The smallest absolute Gasteiger partial charge is 0.0611 e. The Balaban J connectivity index is 0.768. The third-order valence-electron chi connectivity index (χ3n) is 20.8. The van der Waals surface area contributed by atoms with Crippen molar-refractivity contribution in [3.8, 4) is 0 Å². The van der Waals surface area contributed by atoms with Gasteiger partial charge in [-0.2, -0.15) is 0 Å². The summed E-state index contributed by atoms with van der Waals surface area (Å²) in [7, 11) is 0. The van der Waals surface area contributed by atoms with Crippen LogP contribution in [0.5, 0.6) is 0 Å². The summed E-state index contributed by atoms with van der Waals surface area (Å²) in [4.78, 5) is 0. The van der Waals surface area contributed by atoms with E-state index in [2.05, 4.69) is 0 Å². The molecule has 52 heavy (non-hydrogen) atoms. The standard InChI is InChI=1S/C50H80O2/c1-3-16-41-39(14-1)49(32-22-20-31(21-23-32)34-24-26-47-43(29-34)37-12-5-7-18-45(37)51-47)40-15-2-4-17-42(40)50(41)36-11-9-10-33(28-36)35-25-27-48-44(30-35)38-13-6-8-19-46(38)52-48/h31-50H,1-30H2. The molecule has 2 heteroatoms. The molecule has 0 aromatic heterocycles. The fraction of sp³-hybridized carbons (Fsp3) is 1.00. The summed E-state index contributed by atoms with van der Waals surface area (Å²) < 4.78 is 13.5. The molecule has 11 aliphatic rings. The SMILES string of the molecule is C1CC(C2CCC3OC4CCCCC4C3C2)CC(C2C3CCCCC3C(C3CCC(C4CCC5OC6CCCCC6C5C4)CC3)C3CCCCC32)C1. The highest BCUT2D eigenvalue weighted by atomic mass is 16.5. The van der Waals surface area contributed by atoms with E-state index in [1.807, 2.05) is 0 Å². The molecule has 11 rings (SSSR count). The van der Waals surface area contributed by atoms with Gasteiger partial charge in [-0.25, -0.2) is 0 Å². The number of hydrogen-bond donors (Lipinski definition) is 0. The maximum atomic E-state index is 6.76. The Labute approximate surface area is 320 Å². The molecule has 0 N–H and O–H groups in total. The van der Waals surface area contributed by atoms with Crippen LogP contribution in [0.1, 0.15) is 193 Å². The molecule has 292 valence electrons. The molecule has 11 fully saturated rings. The van der Waals surface area contributed by atoms with E-state index in [-0.39, 0.29) is 0 Å². The second-order valence-corrected chi connectivity index (χ2v) is 22.5. The number of fused-ring (bicyclic) bond motifs is 8. The van der Waals surface area contributed by atoms with E-state index in [9.17, 15) is 0 Å². The summed E-state index contributed by atoms with van der Waals surface area (Å²) >= 11 is 0. The van der Waals surface area contributed by atoms with Gasteiger partial charge in [-0.15, -0.1) is 0 Å². The molecule has 0 aromatic rings. The molecule has 0 aromatic carbocycles. The molecule has 0 bridgehead atoms. The molecule has 2 heterocycles. The van der Waals surface area contributed by atoms with Gasteiger partial charge in [0.1, 0.15) is 0 Å². The molecule has 16 unspecified atom stereocenters. The van der Waals surface area contributed by atoms with Crippen molar-refractivity contribution < 1.29 is 9.47 Å². The molecule has 9 saturated carbocycles. The van der Waals surface area contributed by atoms with Crippen LogP contribution in [0.2, 0.25) is 0 Å². The van der Waals surface area contributed by atoms with Crippen LogP contribution >= 0.6 is 0 Å². The van der Waals surface area contributed by atoms with Crippen LogP contribution in [-0.2, 0) is 9.47 Å². The maximum absolute atomic E-state index is 6.76. The van der Waals surface area contributed by atoms with Crippen molar-refractivity contribution in [2.24, 2.45) is 94.7 Å². The lowest BCUT2D eigenvalue weighted by Gasteiger charge is -2.61. The van der Waals surface area contributed by atoms with E-state index in [1.165, 1.54) is 77.0 Å². The van der Waals surface area contributed by atoms with Crippen molar-refractivity contribution in [3.05, 3.63) is 0 Å². The zero-order chi connectivity index (χ0) is 34.2. The van der Waals surface area contributed by atoms with Crippen molar-refractivity contribution in [2.75, 3.05) is 0 Å². The minimum Gasteiger partial charge on any atom is -0.374 e. The van der Waals surface area contributed by atoms with E-state index in [4.69, 9.17) is 9.47 Å². The molecule has 9 aliphatic carbocycles. The van der Waals surface area contributed by atoms with Gasteiger partial charge in [-0.05, 0) is 217 Å². The summed E-state index contributed by atoms with van der Waals surface area (Å²) in [5.74, 6) is 16.6. The van der Waals surface area contributed by atoms with E-state index in [0.717, 1.165) is 94.7 Å². The number of hydrogen-bond acceptors (Lipinski definition) is 2. The lowest BCUT2D eigenvalue weighted by molar-refractivity contribution is -0.118. The molecule has 0 amide bonds. The highest BCUT2D eigenvalue weighted by molar-refractivity contribution is 5.06. The summed E-state index contributed by atoms with van der Waals surface area (Å²) in [5, 5.41) is 0. The summed E-state index contributed by atoms with van der Waals surface area (Å²) in [6, 6.07) is 0. The summed E-state index contributed by atoms with van der Waals surface area (Å²) in [6.45, 7) is 0. The lowest BCUT2D eigenvalue weighted by Crippen LogP contribution is -2.54. The van der Waals surface area contributed by atoms with Crippen LogP contribution in [-0.4, -0.2) is 24.4 Å². The van der Waals surface area contributed by atoms with Gasteiger partial charge in [0.2, 0.25) is 0 Å². The quantitative estimate of drug-likeness (QED) is 0.289. The van der Waals surface area contributed by atoms with Crippen LogP contribution in [0.3, 0.4) is 0 Å². The van der Waals surface area contributed by atoms with Crippen molar-refractivity contribution >= 4 is 0 Å². The fourth-order valence-corrected chi connectivity index (χ4v) is 18.9. The van der Waals surface area contributed by atoms with Gasteiger partial charge >= 0.3 is 0 Å². The second-order valence-electron chi connectivity index (χ2n) is 22.5. The molecular weight excluding hydrogens is 633 g/mol. The highest BCUT2D eigenvalue weighted by Crippen LogP contribution is 2.64. The Morgan fingerprint density at radius 3 is 1.12 bits per heavy atom. The topological polar surface area (TPSA) is 18.5 Å². The average Bonchev–Trinajstić information content (AvgIpc) is 3.78. The monoisotopic (exact) mass is 713 g/mol. The number of ether oxygens (including phenoxy) is 2.